The van der Waals surface area contributed by atoms with Crippen molar-refractivity contribution in [2.75, 3.05) is 20.2 Å². The first-order chi connectivity index (χ1) is 23.7. The molecule has 0 aliphatic carbocycles. The molecule has 8 bridgehead atoms. The van der Waals surface area contributed by atoms with E-state index < -0.39 is 30.7 Å². The van der Waals surface area contributed by atoms with E-state index in [2.05, 4.69) is 75.8 Å². The summed E-state index contributed by atoms with van der Waals surface area (Å²) in [4.78, 5) is 43.9. The summed E-state index contributed by atoms with van der Waals surface area (Å²) >= 11 is 0. The zero-order chi connectivity index (χ0) is 36.6. The molecule has 5 rings (SSSR count). The zero-order valence-corrected chi connectivity index (χ0v) is 30.4. The molecule has 11 heteroatoms. The fourth-order valence-corrected chi connectivity index (χ4v) is 7.37. The predicted molar refractivity (Wildman–Crippen MR) is 196 cm³/mol. The third-order valence-corrected chi connectivity index (χ3v) is 10.7. The highest BCUT2D eigenvalue weighted by Gasteiger charge is 2.33. The summed E-state index contributed by atoms with van der Waals surface area (Å²) in [6.45, 7) is 13.6. The van der Waals surface area contributed by atoms with Gasteiger partial charge in [-0.15, -0.1) is 0 Å². The Balaban J connectivity index is 1.58. The van der Waals surface area contributed by atoms with Crippen LogP contribution in [0.3, 0.4) is 0 Å². The zero-order valence-electron chi connectivity index (χ0n) is 30.4. The molecule has 3 aromatic heterocycles. The number of aromatic amines is 2. The van der Waals surface area contributed by atoms with Crippen molar-refractivity contribution in [2.45, 2.75) is 104 Å². The largest absolute Gasteiger partial charge is 0.388 e. The van der Waals surface area contributed by atoms with E-state index in [1.807, 2.05) is 6.92 Å². The number of rotatable bonds is 11. The van der Waals surface area contributed by atoms with Crippen LogP contribution >= 0.6 is 0 Å². The van der Waals surface area contributed by atoms with Crippen molar-refractivity contribution >= 4 is 45.4 Å². The van der Waals surface area contributed by atoms with Crippen LogP contribution in [0.25, 0.3) is 33.7 Å². The van der Waals surface area contributed by atoms with Gasteiger partial charge in [0.15, 0.2) is 5.78 Å². The maximum atomic E-state index is 13.3. The Morgan fingerprint density at radius 2 is 1.48 bits per heavy atom. The molecule has 50 heavy (non-hydrogen) atoms. The van der Waals surface area contributed by atoms with Crippen molar-refractivity contribution in [3.8, 4) is 0 Å². The Bertz CT molecular complexity index is 1990. The number of nitrogens with one attached hydrogen (secondary N) is 2. The van der Waals surface area contributed by atoms with Crippen molar-refractivity contribution in [1.82, 2.24) is 24.8 Å². The number of likely N-dealkylation sites (N-methyl/N-ethyl adjacent to an activating group) is 1. The number of hydrogen-bond donors (Lipinski definition) is 6. The normalized spacial score (nSPS) is 17.7. The van der Waals surface area contributed by atoms with E-state index >= 15 is 0 Å². The molecule has 0 saturated heterocycles. The number of fused-ring (bicyclic) bond motifs is 8. The number of amides is 1. The minimum atomic E-state index is -1.95. The first-order valence-electron chi connectivity index (χ1n) is 17.5. The van der Waals surface area contributed by atoms with Gasteiger partial charge in [-0.1, -0.05) is 20.8 Å². The summed E-state index contributed by atoms with van der Waals surface area (Å²) in [5.74, 6) is -1.38. The lowest BCUT2D eigenvalue weighted by Gasteiger charge is -2.26. The number of ketones is 1. The van der Waals surface area contributed by atoms with Gasteiger partial charge >= 0.3 is 0 Å². The molecule has 0 unspecified atom stereocenters. The number of aryl methyl sites for hydroxylation is 4. The van der Waals surface area contributed by atoms with E-state index in [1.54, 1.807) is 0 Å². The first-order valence-corrected chi connectivity index (χ1v) is 17.5. The van der Waals surface area contributed by atoms with Gasteiger partial charge in [0.1, 0.15) is 24.9 Å². The van der Waals surface area contributed by atoms with E-state index in [-0.39, 0.29) is 30.7 Å². The van der Waals surface area contributed by atoms with Crippen LogP contribution in [-0.2, 0) is 22.4 Å². The number of aliphatic hydroxyl groups is 4. The highest BCUT2D eigenvalue weighted by Crippen LogP contribution is 2.42. The lowest BCUT2D eigenvalue weighted by molar-refractivity contribution is -0.143. The minimum absolute atomic E-state index is 0.0111. The molecule has 0 aromatic carbocycles. The van der Waals surface area contributed by atoms with Crippen molar-refractivity contribution in [2.24, 2.45) is 0 Å². The topological polar surface area (TPSA) is 176 Å². The van der Waals surface area contributed by atoms with Crippen LogP contribution in [-0.4, -0.2) is 95.5 Å². The number of H-pyrrole nitrogens is 2. The van der Waals surface area contributed by atoms with Crippen molar-refractivity contribution < 1.29 is 30.0 Å². The van der Waals surface area contributed by atoms with Gasteiger partial charge in [-0.2, -0.15) is 0 Å². The fourth-order valence-electron chi connectivity index (χ4n) is 7.37. The van der Waals surface area contributed by atoms with Gasteiger partial charge in [-0.05, 0) is 105 Å². The van der Waals surface area contributed by atoms with E-state index in [1.165, 1.54) is 34.2 Å². The van der Waals surface area contributed by atoms with Gasteiger partial charge in [0.05, 0.1) is 11.4 Å². The molecule has 3 aromatic rings. The van der Waals surface area contributed by atoms with Crippen LogP contribution < -0.4 is 0 Å². The number of allylic oxidation sites excluding steroid dienone is 1. The van der Waals surface area contributed by atoms with Crippen molar-refractivity contribution in [3.63, 3.8) is 0 Å². The van der Waals surface area contributed by atoms with Gasteiger partial charge in [0.25, 0.3) is 0 Å². The van der Waals surface area contributed by atoms with Gasteiger partial charge in [-0.25, -0.2) is 4.98 Å². The molecule has 268 valence electrons. The monoisotopic (exact) mass is 685 g/mol. The number of carbonyl (C=O) groups is 2. The molecule has 5 atom stereocenters. The molecule has 0 radical (unpaired) electrons. The van der Waals surface area contributed by atoms with E-state index in [0.29, 0.717) is 6.42 Å². The second kappa shape index (κ2) is 15.0. The molecule has 0 spiro atoms. The number of aliphatic hydroxyl groups excluding tert-OH is 4. The highest BCUT2D eigenvalue weighted by atomic mass is 16.4. The van der Waals surface area contributed by atoms with Crippen LogP contribution in [0.5, 0.6) is 0 Å². The minimum Gasteiger partial charge on any atom is -0.388 e. The molecule has 0 saturated carbocycles. The van der Waals surface area contributed by atoms with Crippen molar-refractivity contribution in [3.05, 3.63) is 68.8 Å². The number of Topliss-reactive ketones (excluding diaryl/α,β-unsaturated/α-hetero) is 1. The predicted octanol–water partition coefficient (Wildman–Crippen LogP) is 4.70. The Kier molecular flexibility index (Phi) is 11.1. The summed E-state index contributed by atoms with van der Waals surface area (Å²) in [7, 11) is 1.50. The van der Waals surface area contributed by atoms with Crippen LogP contribution in [0, 0.1) is 20.8 Å². The molecule has 5 heterocycles. The SMILES string of the molecule is CCc1c(C)c2cc3[nH]c(cc4nc(c(C)c5nc(cc1[nH]2)C(C)=C5)[C@@H](CCC(=O)N(C)C[C@H](O)[C@@H](O)[C@H](O)C(=O)CO)[C@@H]4C)c(C)c3CC. The number of carbonyl (C=O) groups excluding carboxylic acids is 2. The number of hydrogen-bond acceptors (Lipinski definition) is 8. The average Bonchev–Trinajstić information content (AvgIpc) is 3.80. The second-order valence-electron chi connectivity index (χ2n) is 13.8. The van der Waals surface area contributed by atoms with E-state index in [9.17, 15) is 24.9 Å². The maximum Gasteiger partial charge on any atom is 0.222 e. The molecule has 2 aliphatic heterocycles. The average molecular weight is 686 g/mol. The summed E-state index contributed by atoms with van der Waals surface area (Å²) < 4.78 is 0. The third kappa shape index (κ3) is 7.05. The molecule has 0 fully saturated rings. The summed E-state index contributed by atoms with van der Waals surface area (Å²) in [6.07, 6.45) is -0.894. The summed E-state index contributed by atoms with van der Waals surface area (Å²) in [5.41, 5.74) is 14.7. The van der Waals surface area contributed by atoms with Crippen LogP contribution in [0.4, 0.5) is 0 Å². The maximum absolute atomic E-state index is 13.3. The molecule has 1 amide bonds. The summed E-state index contributed by atoms with van der Waals surface area (Å²) in [6, 6.07) is 6.47. The Labute approximate surface area is 293 Å². The quantitative estimate of drug-likeness (QED) is 0.168. The van der Waals surface area contributed by atoms with Crippen LogP contribution in [0.2, 0.25) is 0 Å². The van der Waals surface area contributed by atoms with Gasteiger partial charge in [-0.3, -0.25) is 14.6 Å². The molecule has 6 N–H and O–H groups in total. The number of nitrogens with zero attached hydrogens (tertiary/aromatic N) is 3. The first kappa shape index (κ1) is 37.1. The third-order valence-electron chi connectivity index (χ3n) is 10.7. The summed E-state index contributed by atoms with van der Waals surface area (Å²) in [5, 5.41) is 39.5. The van der Waals surface area contributed by atoms with E-state index in [0.717, 1.165) is 68.8 Å². The van der Waals surface area contributed by atoms with Gasteiger partial charge in [0, 0.05) is 65.3 Å². The standard InChI is InChI=1S/C39H51N5O6/c1-9-24-21(5)30-16-33-25(10-2)20(4)29(41-33)15-31-22(6)26(11-12-36(48)44(8)17-34(46)38(49)39(50)35(47)18-45)37(43-31)23(7)28-13-19(3)27(40-28)14-32(24)42-30/h13-16,22,26,34,38-39,41-42,45-46,49-50H,9-12,17-18H2,1-8H3/t22-,26-,34-,38+,39+/m0/s1. The lowest BCUT2D eigenvalue weighted by atomic mass is 9.85. The molecule has 2 aliphatic rings. The molecular formula is C39H51N5O6. The van der Waals surface area contributed by atoms with Crippen molar-refractivity contribution in [1.29, 1.82) is 0 Å². The number of aromatic nitrogens is 4. The highest BCUT2D eigenvalue weighted by molar-refractivity contribution is 5.86. The van der Waals surface area contributed by atoms with Crippen LogP contribution in [0.1, 0.15) is 103 Å². The smallest absolute Gasteiger partial charge is 0.222 e. The lowest BCUT2D eigenvalue weighted by Crippen LogP contribution is -2.48. The van der Waals surface area contributed by atoms with Crippen LogP contribution in [0.15, 0.2) is 18.2 Å². The second-order valence-corrected chi connectivity index (χ2v) is 13.8. The Hall–Kier alpha value is -4.16. The molecule has 11 nitrogen and oxygen atoms in total. The molecular weight excluding hydrogens is 634 g/mol. The Morgan fingerprint density at radius 3 is 2.08 bits per heavy atom. The van der Waals surface area contributed by atoms with Gasteiger partial charge < -0.3 is 35.3 Å². The fraction of sp³-hybridized carbons (Fsp3) is 0.487. The Morgan fingerprint density at radius 1 is 0.880 bits per heavy atom. The van der Waals surface area contributed by atoms with E-state index in [4.69, 9.17) is 15.1 Å². The van der Waals surface area contributed by atoms with Gasteiger partial charge in [0.2, 0.25) is 5.91 Å².